The van der Waals surface area contributed by atoms with E-state index in [0.29, 0.717) is 0 Å². The molecule has 82 heavy (non-hydrogen) atoms. The van der Waals surface area contributed by atoms with Gasteiger partial charge in [0.1, 0.15) is 11.2 Å². The van der Waals surface area contributed by atoms with Gasteiger partial charge >= 0.3 is 0 Å². The van der Waals surface area contributed by atoms with Crippen LogP contribution in [0.2, 0.25) is 0 Å². The minimum absolute atomic E-state index is 0.483. The Morgan fingerprint density at radius 1 is 0.378 bits per heavy atom. The molecule has 0 bridgehead atoms. The maximum atomic E-state index is 6.22. The highest BCUT2D eigenvalue weighted by Gasteiger charge is 2.36. The summed E-state index contributed by atoms with van der Waals surface area (Å²) in [4.78, 5) is 15.7. The molecule has 382 valence electrons. The lowest BCUT2D eigenvalue weighted by molar-refractivity contribution is 0.669. The smallest absolute Gasteiger partial charge is 0.135 e. The number of nitrogens with one attached hydrogen (secondary N) is 1. The highest BCUT2D eigenvalue weighted by Crippen LogP contribution is 2.49. The Hall–Kier alpha value is -10.8. The molecule has 0 spiro atoms. The molecule has 15 aromatic rings. The quantitative estimate of drug-likeness (QED) is 0.133. The first-order valence-electron chi connectivity index (χ1n) is 28.0. The number of hydrogen-bond acceptors (Lipinski definition) is 5. The normalized spacial score (nSPS) is 14.9. The molecule has 5 nitrogen and oxygen atoms in total. The van der Waals surface area contributed by atoms with Gasteiger partial charge in [0.05, 0.1) is 33.3 Å². The summed E-state index contributed by atoms with van der Waals surface area (Å²) in [5.74, 6) is 0. The monoisotopic (exact) mass is 1040 g/mol. The summed E-state index contributed by atoms with van der Waals surface area (Å²) < 4.78 is 6.22. The van der Waals surface area contributed by atoms with Crippen molar-refractivity contribution in [2.24, 2.45) is 0 Å². The van der Waals surface area contributed by atoms with E-state index in [1.165, 1.54) is 54.9 Å². The molecule has 4 aromatic heterocycles. The summed E-state index contributed by atoms with van der Waals surface area (Å²) in [5.41, 5.74) is 22.0. The molecule has 17 rings (SSSR count). The molecule has 5 heterocycles. The van der Waals surface area contributed by atoms with Crippen LogP contribution in [-0.4, -0.2) is 20.5 Å². The highest BCUT2D eigenvalue weighted by atomic mass is 16.3. The van der Waals surface area contributed by atoms with Crippen LogP contribution < -0.4 is 5.32 Å². The average Bonchev–Trinajstić information content (AvgIpc) is 3.97. The number of hydrogen-bond donors (Lipinski definition) is 1. The Balaban J connectivity index is 0.769. The fourth-order valence-corrected chi connectivity index (χ4v) is 13.2. The molecule has 1 unspecified atom stereocenters. The predicted molar refractivity (Wildman–Crippen MR) is 342 cm³/mol. The summed E-state index contributed by atoms with van der Waals surface area (Å²) in [6.45, 7) is 2.28. The Bertz CT molecular complexity index is 5350. The second kappa shape index (κ2) is 17.9. The van der Waals surface area contributed by atoms with Gasteiger partial charge in [-0.1, -0.05) is 188 Å². The molecule has 1 N–H and O–H groups in total. The van der Waals surface area contributed by atoms with Crippen LogP contribution in [0.25, 0.3) is 148 Å². The van der Waals surface area contributed by atoms with Crippen molar-refractivity contribution in [1.29, 1.82) is 0 Å². The third kappa shape index (κ3) is 7.30. The van der Waals surface area contributed by atoms with Gasteiger partial charge in [-0.3, -0.25) is 9.97 Å². The second-order valence-electron chi connectivity index (χ2n) is 22.1. The number of anilines is 1. The van der Waals surface area contributed by atoms with E-state index >= 15 is 0 Å². The van der Waals surface area contributed by atoms with Gasteiger partial charge in [-0.25, -0.2) is 4.98 Å². The van der Waals surface area contributed by atoms with Crippen LogP contribution in [-0.2, 0) is 0 Å². The van der Waals surface area contributed by atoms with Gasteiger partial charge in [-0.05, 0) is 162 Å². The standard InChI is InChI=1S/C77H48N4O/c1-77-36-7-6-19-67(77)72(59-16-9-13-49(43-59)51-23-24-55-41-54(26-25-53(55)40-51)52-22-21-46-11-2-3-12-48(46)39-52)65-33-32-62-60(35-38-79-74(62)76(65)81-77)57-28-30-63-68(45-57)80-75-64(31-27-47-17-10-37-78-73(47)75)71(63)58-15-8-14-50(42-58)56-29-34-70-66(44-56)61-18-4-5-20-69(61)82-70/h2-45,81H,1H3. The third-order valence-corrected chi connectivity index (χ3v) is 17.3. The van der Waals surface area contributed by atoms with Crippen molar-refractivity contribution in [2.45, 2.75) is 12.5 Å². The number of aromatic nitrogens is 3. The molecule has 0 amide bonds. The van der Waals surface area contributed by atoms with Gasteiger partial charge in [0.2, 0.25) is 0 Å². The first kappa shape index (κ1) is 46.2. The summed E-state index contributed by atoms with van der Waals surface area (Å²) in [6, 6.07) is 83.6. The van der Waals surface area contributed by atoms with Crippen LogP contribution in [0.1, 0.15) is 18.1 Å². The van der Waals surface area contributed by atoms with Crippen molar-refractivity contribution >= 4 is 98.4 Å². The maximum absolute atomic E-state index is 6.22. The lowest BCUT2D eigenvalue weighted by atomic mass is 9.76. The number of para-hydroxylation sites is 1. The van der Waals surface area contributed by atoms with E-state index in [1.54, 1.807) is 0 Å². The molecule has 2 aliphatic rings. The minimum atomic E-state index is -0.483. The molecule has 1 aliphatic carbocycles. The molecule has 0 fully saturated rings. The number of rotatable bonds is 6. The van der Waals surface area contributed by atoms with Crippen LogP contribution in [0.4, 0.5) is 5.69 Å². The van der Waals surface area contributed by atoms with Gasteiger partial charge in [0.25, 0.3) is 0 Å². The molecule has 0 saturated heterocycles. The van der Waals surface area contributed by atoms with Crippen molar-refractivity contribution in [1.82, 2.24) is 15.0 Å². The molecular weight excluding hydrogens is 997 g/mol. The molecule has 0 saturated carbocycles. The third-order valence-electron chi connectivity index (χ3n) is 17.3. The van der Waals surface area contributed by atoms with Gasteiger partial charge in [0, 0.05) is 55.8 Å². The van der Waals surface area contributed by atoms with Crippen LogP contribution >= 0.6 is 0 Å². The van der Waals surface area contributed by atoms with Crippen molar-refractivity contribution < 1.29 is 4.42 Å². The van der Waals surface area contributed by atoms with E-state index in [0.717, 1.165) is 116 Å². The van der Waals surface area contributed by atoms with Gasteiger partial charge in [-0.2, -0.15) is 0 Å². The molecule has 11 aromatic carbocycles. The summed E-state index contributed by atoms with van der Waals surface area (Å²) in [6.07, 6.45) is 12.7. The van der Waals surface area contributed by atoms with Crippen molar-refractivity contribution in [3.8, 4) is 55.6 Å². The predicted octanol–water partition coefficient (Wildman–Crippen LogP) is 20.1. The fraction of sp³-hybridized carbons (Fsp3) is 0.0260. The number of furan rings is 1. The van der Waals surface area contributed by atoms with E-state index in [2.05, 4.69) is 249 Å². The van der Waals surface area contributed by atoms with Crippen LogP contribution in [0.5, 0.6) is 0 Å². The van der Waals surface area contributed by atoms with Gasteiger partial charge < -0.3 is 9.73 Å². The zero-order valence-corrected chi connectivity index (χ0v) is 44.7. The number of fused-ring (bicyclic) bond motifs is 13. The summed E-state index contributed by atoms with van der Waals surface area (Å²) in [7, 11) is 0. The van der Waals surface area contributed by atoms with E-state index in [9.17, 15) is 0 Å². The molecular formula is C77H48N4O. The lowest BCUT2D eigenvalue weighted by Crippen LogP contribution is -2.39. The SMILES string of the molecule is CC12C=CC=CC1=C(c1cccc(-c3ccc4cc(-c5ccc6ccccc6c5)ccc4c3)c1)c1ccc3c(-c4ccc5c(-c6cccc(-c7ccc8oc9ccccc9c8c7)c6)c6ccc7cccnc7c6nc5c4)ccnc3c1N2. The van der Waals surface area contributed by atoms with E-state index in [1.807, 2.05) is 30.6 Å². The zero-order chi connectivity index (χ0) is 54.0. The fourth-order valence-electron chi connectivity index (χ4n) is 13.2. The Kier molecular flexibility index (Phi) is 10.1. The molecule has 5 heteroatoms. The largest absolute Gasteiger partial charge is 0.456 e. The van der Waals surface area contributed by atoms with Gasteiger partial charge in [-0.15, -0.1) is 0 Å². The molecule has 0 radical (unpaired) electrons. The first-order chi connectivity index (χ1) is 40.4. The Labute approximate surface area is 472 Å². The van der Waals surface area contributed by atoms with E-state index < -0.39 is 5.54 Å². The minimum Gasteiger partial charge on any atom is -0.456 e. The summed E-state index contributed by atoms with van der Waals surface area (Å²) >= 11 is 0. The van der Waals surface area contributed by atoms with Crippen LogP contribution in [0.3, 0.4) is 0 Å². The van der Waals surface area contributed by atoms with E-state index in [-0.39, 0.29) is 0 Å². The Morgan fingerprint density at radius 2 is 1.00 bits per heavy atom. The highest BCUT2D eigenvalue weighted by molar-refractivity contribution is 6.17. The van der Waals surface area contributed by atoms with Crippen molar-refractivity contribution in [2.75, 3.05) is 5.32 Å². The van der Waals surface area contributed by atoms with Crippen LogP contribution in [0.15, 0.2) is 277 Å². The topological polar surface area (TPSA) is 63.8 Å². The molecule has 1 aliphatic heterocycles. The number of nitrogens with zero attached hydrogens (tertiary/aromatic N) is 3. The zero-order valence-electron chi connectivity index (χ0n) is 44.7. The average molecular weight is 1050 g/mol. The summed E-state index contributed by atoms with van der Waals surface area (Å²) in [5, 5.41) is 15.4. The van der Waals surface area contributed by atoms with Crippen LogP contribution in [0, 0.1) is 0 Å². The molecule has 1 atom stereocenters. The van der Waals surface area contributed by atoms with E-state index in [4.69, 9.17) is 19.4 Å². The van der Waals surface area contributed by atoms with Crippen molar-refractivity contribution in [3.05, 3.63) is 284 Å². The number of benzene rings is 11. The first-order valence-corrected chi connectivity index (χ1v) is 28.0. The Morgan fingerprint density at radius 3 is 1.84 bits per heavy atom. The number of pyridine rings is 3. The number of allylic oxidation sites excluding steroid dienone is 2. The van der Waals surface area contributed by atoms with Gasteiger partial charge in [0.15, 0.2) is 0 Å². The lowest BCUT2D eigenvalue weighted by Gasteiger charge is -2.39. The maximum Gasteiger partial charge on any atom is 0.135 e. The second-order valence-corrected chi connectivity index (χ2v) is 22.1. The van der Waals surface area contributed by atoms with Crippen molar-refractivity contribution in [3.63, 3.8) is 0 Å².